The average molecular weight is 206 g/mol. The first-order valence-electron chi connectivity index (χ1n) is 5.44. The van der Waals surface area contributed by atoms with Crippen molar-refractivity contribution in [2.24, 2.45) is 0 Å². The van der Waals surface area contributed by atoms with Crippen LogP contribution in [0.15, 0.2) is 6.07 Å². The Bertz CT molecular complexity index is 403. The van der Waals surface area contributed by atoms with E-state index >= 15 is 0 Å². The molecular formula is C13H18O2. The van der Waals surface area contributed by atoms with Gasteiger partial charge in [-0.1, -0.05) is 6.07 Å². The molecule has 15 heavy (non-hydrogen) atoms. The lowest BCUT2D eigenvalue weighted by Gasteiger charge is -2.15. The largest absolute Gasteiger partial charge is 0.507 e. The molecule has 2 rings (SSSR count). The number of aliphatic hydroxyl groups is 1. The Kier molecular flexibility index (Phi) is 2.27. The van der Waals surface area contributed by atoms with Gasteiger partial charge in [0.15, 0.2) is 0 Å². The Morgan fingerprint density at radius 1 is 1.20 bits per heavy atom. The molecule has 1 aliphatic rings. The normalized spacial score (nSPS) is 17.9. The lowest BCUT2D eigenvalue weighted by atomic mass is 9.94. The van der Waals surface area contributed by atoms with E-state index < -0.39 is 5.60 Å². The first kappa shape index (κ1) is 10.5. The zero-order valence-corrected chi connectivity index (χ0v) is 9.59. The second-order valence-electron chi connectivity index (χ2n) is 4.86. The molecule has 0 amide bonds. The van der Waals surface area contributed by atoms with Gasteiger partial charge in [-0.15, -0.1) is 0 Å². The number of hydrogen-bond acceptors (Lipinski definition) is 2. The first-order chi connectivity index (χ1) is 6.93. The van der Waals surface area contributed by atoms with Crippen LogP contribution in [0.1, 0.15) is 35.1 Å². The minimum absolute atomic E-state index is 0.368. The van der Waals surface area contributed by atoms with Crippen molar-refractivity contribution in [2.45, 2.75) is 45.6 Å². The van der Waals surface area contributed by atoms with Gasteiger partial charge in [0.1, 0.15) is 5.75 Å². The van der Waals surface area contributed by atoms with Gasteiger partial charge >= 0.3 is 0 Å². The number of benzene rings is 1. The average Bonchev–Trinajstić information content (AvgIpc) is 2.89. The predicted octanol–water partition coefficient (Wildman–Crippen LogP) is 2.38. The summed E-state index contributed by atoms with van der Waals surface area (Å²) < 4.78 is 0. The van der Waals surface area contributed by atoms with Crippen LogP contribution in [-0.2, 0) is 6.42 Å². The van der Waals surface area contributed by atoms with Gasteiger partial charge in [0.2, 0.25) is 0 Å². The van der Waals surface area contributed by atoms with Crippen LogP contribution in [0.5, 0.6) is 5.75 Å². The Labute approximate surface area is 90.6 Å². The molecule has 0 atom stereocenters. The molecule has 1 aromatic rings. The van der Waals surface area contributed by atoms with Crippen LogP contribution in [0.2, 0.25) is 0 Å². The Hall–Kier alpha value is -1.02. The van der Waals surface area contributed by atoms with Crippen LogP contribution in [0.4, 0.5) is 0 Å². The van der Waals surface area contributed by atoms with E-state index in [9.17, 15) is 10.2 Å². The van der Waals surface area contributed by atoms with Crippen LogP contribution >= 0.6 is 0 Å². The van der Waals surface area contributed by atoms with E-state index in [-0.39, 0.29) is 0 Å². The maximum Gasteiger partial charge on any atom is 0.122 e. The second-order valence-corrected chi connectivity index (χ2v) is 4.86. The van der Waals surface area contributed by atoms with Gasteiger partial charge in [0.05, 0.1) is 5.60 Å². The number of aromatic hydroxyl groups is 1. The van der Waals surface area contributed by atoms with Gasteiger partial charge in [0.25, 0.3) is 0 Å². The van der Waals surface area contributed by atoms with Crippen molar-refractivity contribution < 1.29 is 10.2 Å². The highest BCUT2D eigenvalue weighted by molar-refractivity contribution is 5.49. The van der Waals surface area contributed by atoms with Crippen LogP contribution < -0.4 is 0 Å². The van der Waals surface area contributed by atoms with Crippen molar-refractivity contribution in [2.75, 3.05) is 0 Å². The van der Waals surface area contributed by atoms with Crippen LogP contribution in [0.25, 0.3) is 0 Å². The third kappa shape index (κ3) is 1.86. The summed E-state index contributed by atoms with van der Waals surface area (Å²) in [5.74, 6) is 0.368. The fraction of sp³-hybridized carbons (Fsp3) is 0.538. The van der Waals surface area contributed by atoms with Crippen molar-refractivity contribution in [1.82, 2.24) is 0 Å². The Balaban J connectivity index is 2.41. The molecule has 1 aromatic carbocycles. The number of rotatable bonds is 2. The van der Waals surface area contributed by atoms with Crippen LogP contribution in [0, 0.1) is 20.8 Å². The summed E-state index contributed by atoms with van der Waals surface area (Å²) in [6.45, 7) is 5.91. The van der Waals surface area contributed by atoms with Crippen LogP contribution in [0.3, 0.4) is 0 Å². The zero-order valence-electron chi connectivity index (χ0n) is 9.59. The summed E-state index contributed by atoms with van der Waals surface area (Å²) in [4.78, 5) is 0. The molecule has 2 N–H and O–H groups in total. The first-order valence-corrected chi connectivity index (χ1v) is 5.44. The lowest BCUT2D eigenvalue weighted by Crippen LogP contribution is -2.12. The Morgan fingerprint density at radius 3 is 2.33 bits per heavy atom. The number of phenolic OH excluding ortho intramolecular Hbond substituents is 1. The third-order valence-corrected chi connectivity index (χ3v) is 3.47. The number of phenols is 1. The topological polar surface area (TPSA) is 40.5 Å². The third-order valence-electron chi connectivity index (χ3n) is 3.47. The minimum Gasteiger partial charge on any atom is -0.507 e. The molecule has 0 aromatic heterocycles. The van der Waals surface area contributed by atoms with Crippen LogP contribution in [-0.4, -0.2) is 15.8 Å². The van der Waals surface area contributed by atoms with E-state index in [1.165, 1.54) is 0 Å². The summed E-state index contributed by atoms with van der Waals surface area (Å²) in [7, 11) is 0. The molecule has 2 heteroatoms. The van der Waals surface area contributed by atoms with E-state index in [0.29, 0.717) is 12.2 Å². The molecule has 0 bridgehead atoms. The molecular weight excluding hydrogens is 188 g/mol. The molecule has 82 valence electrons. The van der Waals surface area contributed by atoms with Gasteiger partial charge in [-0.2, -0.15) is 0 Å². The predicted molar refractivity (Wildman–Crippen MR) is 60.2 cm³/mol. The van der Waals surface area contributed by atoms with E-state index in [4.69, 9.17) is 0 Å². The van der Waals surface area contributed by atoms with Gasteiger partial charge in [-0.05, 0) is 55.9 Å². The van der Waals surface area contributed by atoms with Crippen molar-refractivity contribution in [3.63, 3.8) is 0 Å². The molecule has 1 fully saturated rings. The summed E-state index contributed by atoms with van der Waals surface area (Å²) >= 11 is 0. The quantitative estimate of drug-likeness (QED) is 0.780. The molecule has 1 aliphatic carbocycles. The van der Waals surface area contributed by atoms with Crippen molar-refractivity contribution in [1.29, 1.82) is 0 Å². The maximum absolute atomic E-state index is 10.0. The summed E-state index contributed by atoms with van der Waals surface area (Å²) in [6.07, 6.45) is 2.31. The summed E-state index contributed by atoms with van der Waals surface area (Å²) in [5, 5.41) is 19.9. The van der Waals surface area contributed by atoms with E-state index in [0.717, 1.165) is 35.1 Å². The Morgan fingerprint density at radius 2 is 1.80 bits per heavy atom. The molecule has 0 unspecified atom stereocenters. The summed E-state index contributed by atoms with van der Waals surface area (Å²) in [6, 6.07) is 2.08. The minimum atomic E-state index is -0.538. The van der Waals surface area contributed by atoms with Crippen molar-refractivity contribution in [3.8, 4) is 5.75 Å². The SMILES string of the molecule is Cc1cc(C)c(CC2(O)CC2)c(O)c1C. The molecule has 0 spiro atoms. The fourth-order valence-electron chi connectivity index (χ4n) is 1.99. The molecule has 0 radical (unpaired) electrons. The van der Waals surface area contributed by atoms with E-state index in [2.05, 4.69) is 6.07 Å². The van der Waals surface area contributed by atoms with Gasteiger partial charge in [0, 0.05) is 6.42 Å². The highest BCUT2D eigenvalue weighted by atomic mass is 16.3. The highest BCUT2D eigenvalue weighted by Crippen LogP contribution is 2.41. The number of hydrogen-bond donors (Lipinski definition) is 2. The molecule has 1 saturated carbocycles. The highest BCUT2D eigenvalue weighted by Gasteiger charge is 2.41. The van der Waals surface area contributed by atoms with Gasteiger partial charge < -0.3 is 10.2 Å². The zero-order chi connectivity index (χ0) is 11.2. The molecule has 0 saturated heterocycles. The van der Waals surface area contributed by atoms with Gasteiger partial charge in [-0.3, -0.25) is 0 Å². The monoisotopic (exact) mass is 206 g/mol. The lowest BCUT2D eigenvalue weighted by molar-refractivity contribution is 0.149. The molecule has 0 aliphatic heterocycles. The maximum atomic E-state index is 10.0. The number of aryl methyl sites for hydroxylation is 2. The van der Waals surface area contributed by atoms with Crippen molar-refractivity contribution in [3.05, 3.63) is 28.3 Å². The molecule has 2 nitrogen and oxygen atoms in total. The van der Waals surface area contributed by atoms with Crippen molar-refractivity contribution >= 4 is 0 Å². The standard InChI is InChI=1S/C13H18O2/c1-8-6-9(2)11(12(14)10(8)3)7-13(15)4-5-13/h6,14-15H,4-5,7H2,1-3H3. The second kappa shape index (κ2) is 3.24. The van der Waals surface area contributed by atoms with Gasteiger partial charge in [-0.25, -0.2) is 0 Å². The fourth-order valence-corrected chi connectivity index (χ4v) is 1.99. The molecule has 0 heterocycles. The van der Waals surface area contributed by atoms with E-state index in [1.54, 1.807) is 0 Å². The smallest absolute Gasteiger partial charge is 0.122 e. The summed E-state index contributed by atoms with van der Waals surface area (Å²) in [5.41, 5.74) is 3.50. The van der Waals surface area contributed by atoms with E-state index in [1.807, 2.05) is 20.8 Å².